The number of hydrogen-bond donors (Lipinski definition) is 1. The standard InChI is InChI=1S/C20H26N2O5S/c1-12(2)21-8-5-7-20-15(17(24)22(9-10-23)16(20)18(21)25)14-13(28-20)6-3-4-11-27-19(14)26/h3,5-7,12-16,23H,4,8-11H2,1-2H3/t13-,14+,15-,16?,20-/m0/s1. The number of hydrogen-bond acceptors (Lipinski definition) is 6. The van der Waals surface area contributed by atoms with E-state index >= 15 is 0 Å². The average molecular weight is 407 g/mol. The lowest BCUT2D eigenvalue weighted by Crippen LogP contribution is -2.54. The maximum Gasteiger partial charge on any atom is 0.311 e. The van der Waals surface area contributed by atoms with E-state index in [1.807, 2.05) is 38.2 Å². The minimum atomic E-state index is -0.823. The third-order valence-corrected chi connectivity index (χ3v) is 7.86. The fraction of sp³-hybridized carbons (Fsp3) is 0.650. The average Bonchev–Trinajstić information content (AvgIpc) is 3.00. The van der Waals surface area contributed by atoms with Crippen molar-refractivity contribution < 1.29 is 24.2 Å². The summed E-state index contributed by atoms with van der Waals surface area (Å²) in [6, 6.07) is -0.736. The fourth-order valence-electron chi connectivity index (χ4n) is 4.94. The molecule has 8 heteroatoms. The molecule has 2 amide bonds. The molecule has 2 saturated heterocycles. The molecule has 4 heterocycles. The minimum absolute atomic E-state index is 0.0117. The van der Waals surface area contributed by atoms with Gasteiger partial charge in [-0.15, -0.1) is 11.8 Å². The van der Waals surface area contributed by atoms with Crippen molar-refractivity contribution in [1.82, 2.24) is 9.80 Å². The van der Waals surface area contributed by atoms with Gasteiger partial charge in [0.1, 0.15) is 6.04 Å². The van der Waals surface area contributed by atoms with Crippen LogP contribution in [0.3, 0.4) is 0 Å². The number of fused-ring (bicyclic) bond motifs is 2. The van der Waals surface area contributed by atoms with Gasteiger partial charge in [0, 0.05) is 24.4 Å². The van der Waals surface area contributed by atoms with Gasteiger partial charge in [-0.05, 0) is 20.3 Å². The summed E-state index contributed by atoms with van der Waals surface area (Å²) in [5.41, 5.74) is 0. The first kappa shape index (κ1) is 19.5. The molecule has 0 radical (unpaired) electrons. The molecule has 4 rings (SSSR count). The molecule has 1 unspecified atom stereocenters. The predicted octanol–water partition coefficient (Wildman–Crippen LogP) is 0.586. The Bertz CT molecular complexity index is 751. The lowest BCUT2D eigenvalue weighted by molar-refractivity contribution is -0.153. The molecule has 0 aliphatic carbocycles. The quantitative estimate of drug-likeness (QED) is 0.545. The van der Waals surface area contributed by atoms with Crippen molar-refractivity contribution in [2.24, 2.45) is 11.8 Å². The van der Waals surface area contributed by atoms with Gasteiger partial charge >= 0.3 is 5.97 Å². The topological polar surface area (TPSA) is 87.2 Å². The number of nitrogens with zero attached hydrogens (tertiary/aromatic N) is 2. The van der Waals surface area contributed by atoms with Gasteiger partial charge in [0.2, 0.25) is 11.8 Å². The molecule has 0 bridgehead atoms. The number of aliphatic hydroxyl groups is 1. The zero-order chi connectivity index (χ0) is 20.1. The van der Waals surface area contributed by atoms with E-state index in [0.717, 1.165) is 0 Å². The number of amides is 2. The Kier molecular flexibility index (Phi) is 5.03. The highest BCUT2D eigenvalue weighted by Gasteiger charge is 2.70. The van der Waals surface area contributed by atoms with Crippen LogP contribution < -0.4 is 0 Å². The van der Waals surface area contributed by atoms with Gasteiger partial charge in [-0.1, -0.05) is 24.3 Å². The first-order chi connectivity index (χ1) is 13.4. The van der Waals surface area contributed by atoms with Crippen LogP contribution in [-0.2, 0) is 19.1 Å². The number of cyclic esters (lactones) is 1. The van der Waals surface area contributed by atoms with Crippen LogP contribution in [0.1, 0.15) is 20.3 Å². The molecule has 7 nitrogen and oxygen atoms in total. The van der Waals surface area contributed by atoms with Gasteiger partial charge < -0.3 is 19.6 Å². The number of carbonyl (C=O) groups is 3. The van der Waals surface area contributed by atoms with Crippen LogP contribution in [0.2, 0.25) is 0 Å². The van der Waals surface area contributed by atoms with Gasteiger partial charge in [0.25, 0.3) is 0 Å². The normalized spacial score (nSPS) is 37.4. The van der Waals surface area contributed by atoms with Crippen LogP contribution in [0.4, 0.5) is 0 Å². The van der Waals surface area contributed by atoms with Crippen molar-refractivity contribution >= 4 is 29.5 Å². The SMILES string of the molecule is CC(C)N1CC=C[C@]23S[C@H]4C=CCCOC(=O)[C@H]4[C@H]2C(=O)N(CCO)C3C1=O. The molecule has 0 aromatic heterocycles. The lowest BCUT2D eigenvalue weighted by atomic mass is 9.78. The Balaban J connectivity index is 1.84. The molecule has 1 spiro atoms. The van der Waals surface area contributed by atoms with Crippen LogP contribution in [0.5, 0.6) is 0 Å². The van der Waals surface area contributed by atoms with Crippen LogP contribution in [0.25, 0.3) is 0 Å². The van der Waals surface area contributed by atoms with Crippen molar-refractivity contribution in [1.29, 1.82) is 0 Å². The Morgan fingerprint density at radius 1 is 1.29 bits per heavy atom. The summed E-state index contributed by atoms with van der Waals surface area (Å²) in [6.07, 6.45) is 8.54. The van der Waals surface area contributed by atoms with Gasteiger partial charge in [0.05, 0.1) is 29.8 Å². The van der Waals surface area contributed by atoms with E-state index in [1.54, 1.807) is 4.90 Å². The Labute approximate surface area is 168 Å². The molecule has 0 aromatic carbocycles. The third kappa shape index (κ3) is 2.72. The Morgan fingerprint density at radius 3 is 2.79 bits per heavy atom. The zero-order valence-electron chi connectivity index (χ0n) is 16.1. The summed E-state index contributed by atoms with van der Waals surface area (Å²) < 4.78 is 4.58. The van der Waals surface area contributed by atoms with E-state index < -0.39 is 22.6 Å². The van der Waals surface area contributed by atoms with Crippen LogP contribution in [-0.4, -0.2) is 81.1 Å². The van der Waals surface area contributed by atoms with E-state index in [2.05, 4.69) is 0 Å². The number of aliphatic hydroxyl groups excluding tert-OH is 1. The smallest absolute Gasteiger partial charge is 0.311 e. The number of likely N-dealkylation sites (tertiary alicyclic amines) is 1. The highest BCUT2D eigenvalue weighted by atomic mass is 32.2. The second kappa shape index (κ2) is 7.22. The number of rotatable bonds is 3. The molecular formula is C20H26N2O5S. The monoisotopic (exact) mass is 406 g/mol. The van der Waals surface area contributed by atoms with E-state index in [1.165, 1.54) is 16.7 Å². The van der Waals surface area contributed by atoms with E-state index in [9.17, 15) is 19.5 Å². The van der Waals surface area contributed by atoms with Gasteiger partial charge in [-0.25, -0.2) is 0 Å². The van der Waals surface area contributed by atoms with Gasteiger partial charge in [0.15, 0.2) is 0 Å². The Hall–Kier alpha value is -1.80. The Morgan fingerprint density at radius 2 is 2.07 bits per heavy atom. The van der Waals surface area contributed by atoms with Crippen molar-refractivity contribution in [2.75, 3.05) is 26.3 Å². The number of β-amino-alcohol motifs (C(OH)–C–C–N with tert-alkyl or cyclic N) is 1. The number of ether oxygens (including phenoxy) is 1. The molecule has 0 aromatic rings. The summed E-state index contributed by atoms with van der Waals surface area (Å²) in [6.45, 7) is 4.52. The largest absolute Gasteiger partial charge is 0.465 e. The highest BCUT2D eigenvalue weighted by molar-refractivity contribution is 8.02. The maximum absolute atomic E-state index is 13.5. The summed E-state index contributed by atoms with van der Waals surface area (Å²) in [5, 5.41) is 9.34. The van der Waals surface area contributed by atoms with Crippen molar-refractivity contribution in [3.63, 3.8) is 0 Å². The highest BCUT2D eigenvalue weighted by Crippen LogP contribution is 2.60. The third-order valence-electron chi connectivity index (χ3n) is 6.12. The van der Waals surface area contributed by atoms with E-state index in [4.69, 9.17) is 4.74 Å². The zero-order valence-corrected chi connectivity index (χ0v) is 16.9. The van der Waals surface area contributed by atoms with E-state index in [0.29, 0.717) is 19.6 Å². The van der Waals surface area contributed by atoms with Gasteiger partial charge in [-0.2, -0.15) is 0 Å². The number of thioether (sulfide) groups is 1. The molecule has 4 aliphatic rings. The summed E-state index contributed by atoms with van der Waals surface area (Å²) in [4.78, 5) is 43.0. The summed E-state index contributed by atoms with van der Waals surface area (Å²) in [7, 11) is 0. The molecule has 0 saturated carbocycles. The molecule has 1 N–H and O–H groups in total. The number of carbonyl (C=O) groups excluding carboxylic acids is 3. The molecular weight excluding hydrogens is 380 g/mol. The minimum Gasteiger partial charge on any atom is -0.465 e. The molecule has 152 valence electrons. The van der Waals surface area contributed by atoms with Gasteiger partial charge in [-0.3, -0.25) is 14.4 Å². The lowest BCUT2D eigenvalue weighted by Gasteiger charge is -2.36. The molecule has 4 aliphatic heterocycles. The maximum atomic E-state index is 13.5. The predicted molar refractivity (Wildman–Crippen MR) is 104 cm³/mol. The fourth-order valence-corrected chi connectivity index (χ4v) is 6.94. The first-order valence-corrected chi connectivity index (χ1v) is 10.7. The van der Waals surface area contributed by atoms with Crippen molar-refractivity contribution in [3.8, 4) is 0 Å². The molecule has 28 heavy (non-hydrogen) atoms. The molecule has 5 atom stereocenters. The second-order valence-corrected chi connectivity index (χ2v) is 9.46. The summed E-state index contributed by atoms with van der Waals surface area (Å²) in [5.74, 6) is -2.02. The second-order valence-electron chi connectivity index (χ2n) is 7.97. The van der Waals surface area contributed by atoms with E-state index in [-0.39, 0.29) is 42.2 Å². The first-order valence-electron chi connectivity index (χ1n) is 9.83. The summed E-state index contributed by atoms with van der Waals surface area (Å²) >= 11 is 1.52. The van der Waals surface area contributed by atoms with Crippen molar-refractivity contribution in [3.05, 3.63) is 24.3 Å². The van der Waals surface area contributed by atoms with Crippen LogP contribution in [0, 0.1) is 11.8 Å². The van der Waals surface area contributed by atoms with Crippen LogP contribution in [0.15, 0.2) is 24.3 Å². The van der Waals surface area contributed by atoms with Crippen molar-refractivity contribution in [2.45, 2.75) is 42.3 Å². The molecule has 2 fully saturated rings. The van der Waals surface area contributed by atoms with Crippen LogP contribution >= 0.6 is 11.8 Å². The number of esters is 1.